The molecule has 0 radical (unpaired) electrons. The summed E-state index contributed by atoms with van der Waals surface area (Å²) in [6.45, 7) is 11.1. The van der Waals surface area contributed by atoms with Gasteiger partial charge >= 0.3 is 0 Å². The van der Waals surface area contributed by atoms with Crippen molar-refractivity contribution in [2.75, 3.05) is 92.0 Å². The number of rotatable bonds is 22. The third-order valence-electron chi connectivity index (χ3n) is 14.1. The van der Waals surface area contributed by atoms with E-state index in [9.17, 15) is 19.2 Å². The minimum absolute atomic E-state index is 0.0524. The summed E-state index contributed by atoms with van der Waals surface area (Å²) in [5, 5.41) is 19.9. The molecule has 2 fully saturated rings. The van der Waals surface area contributed by atoms with E-state index in [4.69, 9.17) is 19.9 Å². The Morgan fingerprint density at radius 1 is 0.813 bits per heavy atom. The lowest BCUT2D eigenvalue weighted by Gasteiger charge is -2.42. The summed E-state index contributed by atoms with van der Waals surface area (Å²) >= 11 is 0. The molecule has 0 bridgehead atoms. The Bertz CT molecular complexity index is 2960. The van der Waals surface area contributed by atoms with Crippen LogP contribution in [0.4, 0.5) is 11.4 Å². The molecule has 19 heteroatoms. The maximum atomic E-state index is 14.2. The maximum Gasteiger partial charge on any atom is 0.252 e. The lowest BCUT2D eigenvalue weighted by atomic mass is 9.97. The van der Waals surface area contributed by atoms with Crippen molar-refractivity contribution in [1.29, 1.82) is 0 Å². The largest absolute Gasteiger partial charge is 0.497 e. The van der Waals surface area contributed by atoms with Crippen molar-refractivity contribution in [1.82, 2.24) is 41.3 Å². The van der Waals surface area contributed by atoms with E-state index in [0.717, 1.165) is 65.4 Å². The number of amides is 4. The summed E-state index contributed by atoms with van der Waals surface area (Å²) in [6, 6.07) is 19.1. The number of likely N-dealkylation sites (N-methyl/N-ethyl adjacent to an activating group) is 4. The number of aromatic nitrogens is 2. The zero-order chi connectivity index (χ0) is 54.1. The molecule has 2 aliphatic heterocycles. The highest BCUT2D eigenvalue weighted by molar-refractivity contribution is 6.10. The molecular formula is C56H72N12O7. The molecule has 1 aromatic heterocycles. The highest BCUT2D eigenvalue weighted by Crippen LogP contribution is 2.41. The van der Waals surface area contributed by atoms with Gasteiger partial charge in [0.1, 0.15) is 18.8 Å². The Morgan fingerprint density at radius 3 is 2.08 bits per heavy atom. The molecular weight excluding hydrogens is 953 g/mol. The fraction of sp³-hybridized carbons (Fsp3) is 0.393. The van der Waals surface area contributed by atoms with Crippen LogP contribution in [0.5, 0.6) is 17.2 Å². The summed E-state index contributed by atoms with van der Waals surface area (Å²) < 4.78 is 18.7. The van der Waals surface area contributed by atoms with Crippen LogP contribution < -0.4 is 56.3 Å². The first-order valence-electron chi connectivity index (χ1n) is 25.1. The second-order valence-electron chi connectivity index (χ2n) is 19.2. The number of ether oxygens (including phenoxy) is 3. The maximum absolute atomic E-state index is 14.2. The average molecular weight is 1030 g/mol. The summed E-state index contributed by atoms with van der Waals surface area (Å²) in [6.07, 6.45) is 6.42. The van der Waals surface area contributed by atoms with Crippen molar-refractivity contribution < 1.29 is 33.4 Å². The summed E-state index contributed by atoms with van der Waals surface area (Å²) in [7, 11) is 11.9. The van der Waals surface area contributed by atoms with E-state index in [1.807, 2.05) is 96.4 Å². The normalized spacial score (nSPS) is 14.7. The Hall–Kier alpha value is -7.90. The molecule has 7 rings (SSSR count). The van der Waals surface area contributed by atoms with Crippen molar-refractivity contribution in [2.24, 2.45) is 10.7 Å². The van der Waals surface area contributed by atoms with Gasteiger partial charge in [-0.1, -0.05) is 12.1 Å². The lowest BCUT2D eigenvalue weighted by Crippen LogP contribution is -2.57. The minimum Gasteiger partial charge on any atom is -0.497 e. The van der Waals surface area contributed by atoms with Crippen LogP contribution in [0, 0.1) is 13.8 Å². The summed E-state index contributed by atoms with van der Waals surface area (Å²) in [5.74, 6) is 0.695. The Labute approximate surface area is 439 Å². The number of allylic oxidation sites excluding steroid dienone is 1. The number of anilines is 2. The zero-order valence-corrected chi connectivity index (χ0v) is 45.0. The van der Waals surface area contributed by atoms with Crippen LogP contribution in [0.1, 0.15) is 80.0 Å². The number of nitrogens with two attached hydrogens (primary N) is 1. The molecule has 4 aromatic carbocycles. The Kier molecular flexibility index (Phi) is 17.9. The number of hydrogen-bond donors (Lipinski definition) is 6. The van der Waals surface area contributed by atoms with Crippen LogP contribution >= 0.6 is 0 Å². The molecule has 7 N–H and O–H groups in total. The molecule has 0 unspecified atom stereocenters. The van der Waals surface area contributed by atoms with Crippen LogP contribution in [-0.4, -0.2) is 139 Å². The Morgan fingerprint density at radius 2 is 1.47 bits per heavy atom. The van der Waals surface area contributed by atoms with Crippen molar-refractivity contribution >= 4 is 46.8 Å². The lowest BCUT2D eigenvalue weighted by molar-refractivity contribution is -0.128. The smallest absolute Gasteiger partial charge is 0.252 e. The first kappa shape index (κ1) is 54.9. The van der Waals surface area contributed by atoms with Gasteiger partial charge < -0.3 is 61.2 Å². The van der Waals surface area contributed by atoms with E-state index in [1.165, 1.54) is 10.9 Å². The number of benzene rings is 4. The molecule has 4 amide bonds. The molecule has 2 atom stereocenters. The van der Waals surface area contributed by atoms with Crippen LogP contribution in [0.15, 0.2) is 84.2 Å². The first-order chi connectivity index (χ1) is 36.0. The van der Waals surface area contributed by atoms with Crippen molar-refractivity contribution in [3.05, 3.63) is 124 Å². The van der Waals surface area contributed by atoms with Gasteiger partial charge in [-0.05, 0) is 124 Å². The number of carbonyl (C=O) groups is 4. The quantitative estimate of drug-likeness (QED) is 0.0516. The number of aryl methyl sites for hydroxylation is 2. The fourth-order valence-electron chi connectivity index (χ4n) is 9.24. The van der Waals surface area contributed by atoms with E-state index < -0.39 is 6.04 Å². The van der Waals surface area contributed by atoms with Gasteiger partial charge in [-0.3, -0.25) is 28.9 Å². The van der Waals surface area contributed by atoms with Gasteiger partial charge in [0, 0.05) is 117 Å². The van der Waals surface area contributed by atoms with E-state index in [-0.39, 0.29) is 55.3 Å². The predicted octanol–water partition coefficient (Wildman–Crippen LogP) is 4.77. The first-order valence-corrected chi connectivity index (χ1v) is 25.1. The van der Waals surface area contributed by atoms with Crippen LogP contribution in [-0.2, 0) is 22.7 Å². The highest BCUT2D eigenvalue weighted by atomic mass is 16.5. The van der Waals surface area contributed by atoms with Crippen molar-refractivity contribution in [2.45, 2.75) is 65.0 Å². The van der Waals surface area contributed by atoms with Crippen LogP contribution in [0.25, 0.3) is 16.7 Å². The van der Waals surface area contributed by atoms with Gasteiger partial charge in [0.2, 0.25) is 11.8 Å². The number of aliphatic imine (C=N–C) groups is 1. The molecule has 3 heterocycles. The standard InChI is InChI=1S/C56H72N12O7/c1-33-12-13-45(66-28-43(29-66)58-5)20-47(33)55(71)63-35(3)37-15-39(17-46(16-37)73-9)41(22-57)23-61-25-53(70)65(8)26-40-14-34(2)48(21-50(40)67-30-44(31-67)59-6)56(72)64-36(4)38-18-49(54(75-11)51(19-38)74-10)42-24-62-68(27-42)32-52(69)60-7/h12-24,27,35-36,43-44,58-59H,25-26,28-32,57H2,1-11H3,(H,60,69)(H,63,71)(H,64,72)/t35-,36-/m1/s1. The second-order valence-corrected chi connectivity index (χ2v) is 19.2. The van der Waals surface area contributed by atoms with Crippen molar-refractivity contribution in [3.8, 4) is 28.4 Å². The summed E-state index contributed by atoms with van der Waals surface area (Å²) in [5.41, 5.74) is 15.9. The molecule has 0 spiro atoms. The monoisotopic (exact) mass is 1020 g/mol. The third kappa shape index (κ3) is 12.7. The number of hydrogen-bond acceptors (Lipinski definition) is 14. The second kappa shape index (κ2) is 24.4. The molecule has 398 valence electrons. The van der Waals surface area contributed by atoms with E-state index in [1.54, 1.807) is 58.9 Å². The molecule has 0 saturated carbocycles. The Balaban J connectivity index is 1.03. The molecule has 2 aliphatic rings. The van der Waals surface area contributed by atoms with Crippen molar-refractivity contribution in [3.63, 3.8) is 0 Å². The van der Waals surface area contributed by atoms with Gasteiger partial charge in [-0.15, -0.1) is 0 Å². The average Bonchev–Trinajstić information content (AvgIpc) is 3.85. The number of methoxy groups -OCH3 is 3. The third-order valence-corrected chi connectivity index (χ3v) is 14.1. The SMILES string of the molecule is CNC(=O)Cn1cc(-c2cc([C@@H](C)NC(=O)c3cc(N4CC(NC)C4)c(CN(C)C(=O)CN=CC(=CN)c4cc(OC)cc([C@@H](C)NC(=O)c5cc(N6CC(NC)C6)ccc5C)c4)cc3C)cc(OC)c2OC)cn1. The topological polar surface area (TPSA) is 222 Å². The van der Waals surface area contributed by atoms with Gasteiger partial charge in [-0.2, -0.15) is 5.10 Å². The van der Waals surface area contributed by atoms with Gasteiger partial charge in [0.05, 0.1) is 39.6 Å². The van der Waals surface area contributed by atoms with E-state index in [2.05, 4.69) is 52.5 Å². The molecule has 5 aromatic rings. The molecule has 0 aliphatic carbocycles. The van der Waals surface area contributed by atoms with E-state index in [0.29, 0.717) is 56.7 Å². The highest BCUT2D eigenvalue weighted by Gasteiger charge is 2.30. The molecule has 19 nitrogen and oxygen atoms in total. The number of nitrogens with zero attached hydrogens (tertiary/aromatic N) is 6. The molecule has 2 saturated heterocycles. The molecule has 75 heavy (non-hydrogen) atoms. The number of carbonyl (C=O) groups excluding carboxylic acids is 4. The number of nitrogens with one attached hydrogen (secondary N) is 5. The zero-order valence-electron chi connectivity index (χ0n) is 45.0. The van der Waals surface area contributed by atoms with Gasteiger partial charge in [0.15, 0.2) is 11.5 Å². The van der Waals surface area contributed by atoms with E-state index >= 15 is 0 Å². The predicted molar refractivity (Wildman–Crippen MR) is 294 cm³/mol. The summed E-state index contributed by atoms with van der Waals surface area (Å²) in [4.78, 5) is 64.4. The van der Waals surface area contributed by atoms with Gasteiger partial charge in [-0.25, -0.2) is 0 Å². The minimum atomic E-state index is -0.459. The van der Waals surface area contributed by atoms with Crippen LogP contribution in [0.2, 0.25) is 0 Å². The van der Waals surface area contributed by atoms with Crippen LogP contribution in [0.3, 0.4) is 0 Å². The fourth-order valence-corrected chi connectivity index (χ4v) is 9.24. The van der Waals surface area contributed by atoms with Gasteiger partial charge in [0.25, 0.3) is 11.8 Å².